The Bertz CT molecular complexity index is 197. The molecule has 4 unspecified atom stereocenters. The summed E-state index contributed by atoms with van der Waals surface area (Å²) < 4.78 is 0. The second-order valence-electron chi connectivity index (χ2n) is 3.96. The Balaban J connectivity index is 2.01. The summed E-state index contributed by atoms with van der Waals surface area (Å²) in [5.74, 6) is 2.98. The van der Waals surface area contributed by atoms with Crippen LogP contribution in [0, 0.1) is 23.7 Å². The lowest BCUT2D eigenvalue weighted by Crippen LogP contribution is -2.16. The van der Waals surface area contributed by atoms with Crippen molar-refractivity contribution >= 4 is 0 Å². The predicted molar refractivity (Wildman–Crippen MR) is 38.3 cm³/mol. The van der Waals surface area contributed by atoms with Crippen molar-refractivity contribution < 1.29 is 5.11 Å². The van der Waals surface area contributed by atoms with E-state index >= 15 is 0 Å². The third kappa shape index (κ3) is 0.450. The molecular weight excluding hydrogens is 124 g/mol. The molecule has 1 N–H and O–H groups in total. The standard InChI is InChI=1S/C9H12O/c10-9-5-2-1-3-6-7(4-5)8(6)9/h1-2,5-10H,3-4H2/t5?,6?,7?,8?,9-/m0/s1. The molecule has 2 saturated carbocycles. The Kier molecular flexibility index (Phi) is 0.791. The zero-order chi connectivity index (χ0) is 6.72. The molecule has 1 heteroatoms. The van der Waals surface area contributed by atoms with Crippen molar-refractivity contribution in [1.82, 2.24) is 0 Å². The summed E-state index contributed by atoms with van der Waals surface area (Å²) in [6.07, 6.45) is 7.03. The van der Waals surface area contributed by atoms with Crippen molar-refractivity contribution in [2.45, 2.75) is 18.9 Å². The number of hydrogen-bond donors (Lipinski definition) is 1. The van der Waals surface area contributed by atoms with Crippen LogP contribution in [0.4, 0.5) is 0 Å². The molecule has 2 fully saturated rings. The molecule has 0 aliphatic heterocycles. The van der Waals surface area contributed by atoms with Gasteiger partial charge in [0.1, 0.15) is 0 Å². The van der Waals surface area contributed by atoms with E-state index < -0.39 is 0 Å². The fraction of sp³-hybridized carbons (Fsp3) is 0.778. The Morgan fingerprint density at radius 3 is 2.90 bits per heavy atom. The monoisotopic (exact) mass is 136 g/mol. The molecule has 0 saturated heterocycles. The van der Waals surface area contributed by atoms with Crippen LogP contribution < -0.4 is 0 Å². The first kappa shape index (κ1) is 5.36. The van der Waals surface area contributed by atoms with Crippen molar-refractivity contribution in [3.63, 3.8) is 0 Å². The molecule has 0 radical (unpaired) electrons. The number of fused-ring (bicyclic) bond motifs is 1. The highest BCUT2D eigenvalue weighted by atomic mass is 16.3. The van der Waals surface area contributed by atoms with Crippen LogP contribution in [-0.2, 0) is 0 Å². The van der Waals surface area contributed by atoms with E-state index in [4.69, 9.17) is 0 Å². The van der Waals surface area contributed by atoms with Crippen LogP contribution in [-0.4, -0.2) is 11.2 Å². The first-order valence-corrected chi connectivity index (χ1v) is 4.22. The lowest BCUT2D eigenvalue weighted by molar-refractivity contribution is 0.122. The van der Waals surface area contributed by atoms with Crippen molar-refractivity contribution in [1.29, 1.82) is 0 Å². The van der Waals surface area contributed by atoms with Crippen LogP contribution in [0.3, 0.4) is 0 Å². The van der Waals surface area contributed by atoms with Gasteiger partial charge in [0.15, 0.2) is 0 Å². The highest BCUT2D eigenvalue weighted by Gasteiger charge is 2.60. The molecule has 0 spiro atoms. The van der Waals surface area contributed by atoms with Gasteiger partial charge in [-0.1, -0.05) is 12.2 Å². The second-order valence-corrected chi connectivity index (χ2v) is 3.96. The third-order valence-electron chi connectivity index (χ3n) is 3.57. The van der Waals surface area contributed by atoms with Crippen molar-refractivity contribution in [2.75, 3.05) is 0 Å². The van der Waals surface area contributed by atoms with Crippen molar-refractivity contribution in [2.24, 2.45) is 23.7 Å². The minimum Gasteiger partial charge on any atom is -0.392 e. The topological polar surface area (TPSA) is 20.2 Å². The Hall–Kier alpha value is -0.300. The molecule has 0 aromatic heterocycles. The molecule has 10 heavy (non-hydrogen) atoms. The fourth-order valence-electron chi connectivity index (χ4n) is 2.99. The summed E-state index contributed by atoms with van der Waals surface area (Å²) >= 11 is 0. The van der Waals surface area contributed by atoms with Gasteiger partial charge >= 0.3 is 0 Å². The maximum atomic E-state index is 9.66. The summed E-state index contributed by atoms with van der Waals surface area (Å²) in [5, 5.41) is 9.66. The molecule has 5 atom stereocenters. The maximum absolute atomic E-state index is 9.66. The number of aliphatic hydroxyl groups excluding tert-OH is 1. The van der Waals surface area contributed by atoms with E-state index in [1.54, 1.807) is 0 Å². The van der Waals surface area contributed by atoms with E-state index in [1.165, 1.54) is 12.8 Å². The Labute approximate surface area is 60.7 Å². The lowest BCUT2D eigenvalue weighted by Gasteiger charge is -2.11. The van der Waals surface area contributed by atoms with E-state index in [2.05, 4.69) is 12.2 Å². The quantitative estimate of drug-likeness (QED) is 0.496. The van der Waals surface area contributed by atoms with Gasteiger partial charge in [0, 0.05) is 5.92 Å². The zero-order valence-electron chi connectivity index (χ0n) is 5.90. The Morgan fingerprint density at radius 1 is 1.30 bits per heavy atom. The Morgan fingerprint density at radius 2 is 2.20 bits per heavy atom. The minimum atomic E-state index is 0.0220. The van der Waals surface area contributed by atoms with Gasteiger partial charge in [-0.2, -0.15) is 0 Å². The van der Waals surface area contributed by atoms with Gasteiger partial charge in [-0.05, 0) is 30.6 Å². The van der Waals surface area contributed by atoms with E-state index in [9.17, 15) is 5.11 Å². The molecule has 4 aliphatic rings. The lowest BCUT2D eigenvalue weighted by atomic mass is 10.0. The zero-order valence-corrected chi connectivity index (χ0v) is 5.90. The largest absolute Gasteiger partial charge is 0.392 e. The van der Waals surface area contributed by atoms with Gasteiger partial charge in [0.05, 0.1) is 6.10 Å². The van der Waals surface area contributed by atoms with E-state index in [1.807, 2.05) is 0 Å². The molecule has 0 aromatic rings. The summed E-state index contributed by atoms with van der Waals surface area (Å²) in [5.41, 5.74) is 0. The van der Waals surface area contributed by atoms with Crippen LogP contribution in [0.25, 0.3) is 0 Å². The molecule has 1 nitrogen and oxygen atoms in total. The molecule has 54 valence electrons. The third-order valence-corrected chi connectivity index (χ3v) is 3.57. The average Bonchev–Trinajstić information content (AvgIpc) is 2.51. The second kappa shape index (κ2) is 1.48. The van der Waals surface area contributed by atoms with E-state index in [0.717, 1.165) is 11.8 Å². The fourth-order valence-corrected chi connectivity index (χ4v) is 2.99. The minimum absolute atomic E-state index is 0.0220. The van der Waals surface area contributed by atoms with Crippen LogP contribution in [0.15, 0.2) is 12.2 Å². The summed E-state index contributed by atoms with van der Waals surface area (Å²) in [6, 6.07) is 0. The molecule has 4 aliphatic carbocycles. The van der Waals surface area contributed by atoms with Crippen LogP contribution in [0.2, 0.25) is 0 Å². The van der Waals surface area contributed by atoms with Gasteiger partial charge in [0.2, 0.25) is 0 Å². The summed E-state index contributed by atoms with van der Waals surface area (Å²) in [4.78, 5) is 0. The van der Waals surface area contributed by atoms with Gasteiger partial charge in [-0.15, -0.1) is 0 Å². The molecular formula is C9H12O. The predicted octanol–water partition coefficient (Wildman–Crippen LogP) is 1.19. The highest BCUT2D eigenvalue weighted by molar-refractivity contribution is 5.18. The normalized spacial score (nSPS) is 62.3. The molecule has 4 rings (SSSR count). The van der Waals surface area contributed by atoms with E-state index in [-0.39, 0.29) is 6.10 Å². The maximum Gasteiger partial charge on any atom is 0.0636 e. The molecule has 0 aromatic carbocycles. The van der Waals surface area contributed by atoms with Crippen molar-refractivity contribution in [3.8, 4) is 0 Å². The van der Waals surface area contributed by atoms with Gasteiger partial charge in [-0.25, -0.2) is 0 Å². The number of allylic oxidation sites excluding steroid dienone is 1. The summed E-state index contributed by atoms with van der Waals surface area (Å²) in [7, 11) is 0. The number of hydrogen-bond acceptors (Lipinski definition) is 1. The number of aliphatic hydroxyl groups is 1. The first-order valence-electron chi connectivity index (χ1n) is 4.22. The molecule has 0 heterocycles. The number of rotatable bonds is 0. The van der Waals surface area contributed by atoms with Crippen molar-refractivity contribution in [3.05, 3.63) is 12.2 Å². The van der Waals surface area contributed by atoms with E-state index in [0.29, 0.717) is 11.8 Å². The highest BCUT2D eigenvalue weighted by Crippen LogP contribution is 2.62. The SMILES string of the molecule is O[C@H]1C2C=CCC3C(C2)C31. The van der Waals surface area contributed by atoms with Gasteiger partial charge in [-0.3, -0.25) is 0 Å². The first-order chi connectivity index (χ1) is 4.88. The molecule has 4 bridgehead atoms. The average molecular weight is 136 g/mol. The van der Waals surface area contributed by atoms with Crippen LogP contribution in [0.1, 0.15) is 12.8 Å². The smallest absolute Gasteiger partial charge is 0.0636 e. The molecule has 0 amide bonds. The van der Waals surface area contributed by atoms with Crippen LogP contribution in [0.5, 0.6) is 0 Å². The summed E-state index contributed by atoms with van der Waals surface area (Å²) in [6.45, 7) is 0. The van der Waals surface area contributed by atoms with Gasteiger partial charge < -0.3 is 5.11 Å². The van der Waals surface area contributed by atoms with Crippen LogP contribution >= 0.6 is 0 Å². The van der Waals surface area contributed by atoms with Gasteiger partial charge in [0.25, 0.3) is 0 Å².